The molecule has 0 spiro atoms. The number of carbonyl (C=O) groups excluding carboxylic acids is 2. The monoisotopic (exact) mass is 734 g/mol. The van der Waals surface area contributed by atoms with Crippen molar-refractivity contribution in [3.8, 4) is 10.4 Å². The Balaban J connectivity index is 0.000000172. The van der Waals surface area contributed by atoms with E-state index in [1.54, 1.807) is 18.2 Å². The number of hydrogen-bond donors (Lipinski definition) is 4. The van der Waals surface area contributed by atoms with Crippen molar-refractivity contribution in [3.05, 3.63) is 108 Å². The normalized spacial score (nSPS) is 10.2. The van der Waals surface area contributed by atoms with Crippen LogP contribution in [0.1, 0.15) is 20.7 Å². The number of hydrogen-bond acceptors (Lipinski definition) is 13. The molecule has 236 valence electrons. The Hall–Kier alpha value is -5.66. The standard InChI is InChI=1S/C14H10N4O3S.C8H6BrN3OS.C6H4BNO3/c15-13-9-5-11(7-2-1-3-8(4-7)18(20)21)22-12(9)10(6-17-13)14(16)19;9-5-1-3-6(14-5)4(8(11)13)2-12-7(3)10;9-7-5-2-1-3-6(4-5)8(10)11/h1-6H,(H2,15,17)(H2,16,19);1-2H,(H2,10,12)(H2,11,13);1-4H. The van der Waals surface area contributed by atoms with Crippen LogP contribution < -0.4 is 28.4 Å². The molecule has 0 fully saturated rings. The molecule has 0 unspecified atom stereocenters. The SMILES string of the molecule is NC(=O)c1cnc(N)c2cc(-c3cccc([N+](=O)[O-])c3)sc12.NC(=O)c1cnc(N)c2cc(Br)sc12.O=Bc1cccc([N+](=O)[O-])c1. The van der Waals surface area contributed by atoms with E-state index in [4.69, 9.17) is 22.9 Å². The van der Waals surface area contributed by atoms with Gasteiger partial charge in [-0.25, -0.2) is 9.97 Å². The van der Waals surface area contributed by atoms with Crippen molar-refractivity contribution in [1.29, 1.82) is 0 Å². The topological polar surface area (TPSA) is 267 Å². The molecule has 0 aliphatic carbocycles. The van der Waals surface area contributed by atoms with Crippen LogP contribution >= 0.6 is 38.6 Å². The zero-order valence-corrected chi connectivity index (χ0v) is 26.9. The number of amides is 2. The molecule has 0 saturated carbocycles. The molecule has 4 heterocycles. The number of rotatable bonds is 6. The maximum absolute atomic E-state index is 11.5. The number of carbonyl (C=O) groups is 2. The van der Waals surface area contributed by atoms with Crippen LogP contribution in [0.4, 0.5) is 23.0 Å². The molecule has 0 aliphatic heterocycles. The molecule has 47 heavy (non-hydrogen) atoms. The summed E-state index contributed by atoms with van der Waals surface area (Å²) in [5.74, 6) is -0.387. The fourth-order valence-corrected chi connectivity index (χ4v) is 6.84. The van der Waals surface area contributed by atoms with Gasteiger partial charge in [-0.05, 0) is 33.6 Å². The van der Waals surface area contributed by atoms with E-state index in [1.165, 1.54) is 71.5 Å². The summed E-state index contributed by atoms with van der Waals surface area (Å²) < 4.78 is 12.5. The number of anilines is 2. The Kier molecular flexibility index (Phi) is 10.7. The number of nitrogen functional groups attached to an aromatic ring is 2. The molecule has 4 aromatic heterocycles. The molecule has 19 heteroatoms. The molecule has 0 aliphatic rings. The first-order valence-corrected chi connectivity index (χ1v) is 15.3. The molecule has 2 amide bonds. The number of aromatic nitrogens is 2. The van der Waals surface area contributed by atoms with Gasteiger partial charge in [0.05, 0.1) is 29.2 Å². The van der Waals surface area contributed by atoms with Crippen LogP contribution in [0.15, 0.2) is 76.8 Å². The second-order valence-electron chi connectivity index (χ2n) is 9.27. The first-order valence-electron chi connectivity index (χ1n) is 12.9. The molecular formula is C28H20BBrN8O7S2. The Morgan fingerprint density at radius 2 is 1.28 bits per heavy atom. The van der Waals surface area contributed by atoms with Crippen molar-refractivity contribution in [3.63, 3.8) is 0 Å². The van der Waals surface area contributed by atoms with Gasteiger partial charge in [-0.3, -0.25) is 19.7 Å². The van der Waals surface area contributed by atoms with E-state index in [2.05, 4.69) is 25.9 Å². The summed E-state index contributed by atoms with van der Waals surface area (Å²) in [5.41, 5.74) is 23.7. The van der Waals surface area contributed by atoms with Gasteiger partial charge in [0, 0.05) is 40.2 Å². The molecular weight excluding hydrogens is 715 g/mol. The summed E-state index contributed by atoms with van der Waals surface area (Å²) in [6, 6.07) is 15.4. The quantitative estimate of drug-likeness (QED) is 0.105. The number of halogens is 1. The van der Waals surface area contributed by atoms with Crippen molar-refractivity contribution < 1.29 is 24.1 Å². The third-order valence-electron chi connectivity index (χ3n) is 6.23. The van der Waals surface area contributed by atoms with Crippen LogP contribution in [0.5, 0.6) is 0 Å². The Bertz CT molecular complexity index is 2210. The van der Waals surface area contributed by atoms with Gasteiger partial charge in [0.2, 0.25) is 0 Å². The number of fused-ring (bicyclic) bond motifs is 2. The summed E-state index contributed by atoms with van der Waals surface area (Å²) in [4.78, 5) is 51.2. The predicted molar refractivity (Wildman–Crippen MR) is 184 cm³/mol. The molecule has 2 aromatic carbocycles. The molecule has 6 aromatic rings. The van der Waals surface area contributed by atoms with Crippen LogP contribution in [0, 0.1) is 20.2 Å². The van der Waals surface area contributed by atoms with Crippen LogP contribution in [0.2, 0.25) is 0 Å². The number of pyridine rings is 2. The first kappa shape index (κ1) is 34.2. The van der Waals surface area contributed by atoms with Crippen LogP contribution in [0.25, 0.3) is 30.6 Å². The molecule has 8 N–H and O–H groups in total. The molecule has 0 saturated heterocycles. The van der Waals surface area contributed by atoms with Gasteiger partial charge in [-0.15, -0.1) is 22.7 Å². The van der Waals surface area contributed by atoms with Crippen molar-refractivity contribution in [2.24, 2.45) is 11.5 Å². The summed E-state index contributed by atoms with van der Waals surface area (Å²) in [6.45, 7) is 0. The molecule has 0 bridgehead atoms. The van der Waals surface area contributed by atoms with Gasteiger partial charge in [-0.2, -0.15) is 0 Å². The van der Waals surface area contributed by atoms with Gasteiger partial charge in [0.25, 0.3) is 17.5 Å². The summed E-state index contributed by atoms with van der Waals surface area (Å²) in [6.07, 6.45) is 2.75. The van der Waals surface area contributed by atoms with Gasteiger partial charge in [-0.1, -0.05) is 12.1 Å². The first-order chi connectivity index (χ1) is 22.3. The van der Waals surface area contributed by atoms with Gasteiger partial charge >= 0.3 is 62.3 Å². The number of thiophene rings is 2. The predicted octanol–water partition coefficient (Wildman–Crippen LogP) is 4.56. The summed E-state index contributed by atoms with van der Waals surface area (Å²) in [7, 11) is 0.576. The van der Waals surface area contributed by atoms with Gasteiger partial charge < -0.3 is 22.9 Å². The average molecular weight is 735 g/mol. The molecule has 6 rings (SSSR count). The number of benzene rings is 2. The van der Waals surface area contributed by atoms with Gasteiger partial charge in [0.1, 0.15) is 11.6 Å². The fraction of sp³-hybridized carbons (Fsp3) is 0. The van der Waals surface area contributed by atoms with E-state index in [1.807, 2.05) is 6.07 Å². The van der Waals surface area contributed by atoms with Crippen LogP contribution in [-0.2, 0) is 4.70 Å². The van der Waals surface area contributed by atoms with Crippen molar-refractivity contribution in [1.82, 2.24) is 9.97 Å². The third kappa shape index (κ3) is 7.96. The third-order valence-corrected chi connectivity index (χ3v) is 9.12. The van der Waals surface area contributed by atoms with Crippen molar-refractivity contribution in [2.75, 3.05) is 11.5 Å². The zero-order valence-electron chi connectivity index (χ0n) is 23.7. The van der Waals surface area contributed by atoms with E-state index in [0.29, 0.717) is 39.6 Å². The Morgan fingerprint density at radius 3 is 1.81 bits per heavy atom. The van der Waals surface area contributed by atoms with Crippen LogP contribution in [0.3, 0.4) is 0 Å². The minimum absolute atomic E-state index is 0.00354. The number of nitro groups is 2. The number of nitro benzene ring substituents is 2. The molecule has 0 atom stereocenters. The average Bonchev–Trinajstić information content (AvgIpc) is 3.67. The van der Waals surface area contributed by atoms with Gasteiger partial charge in [0.15, 0.2) is 0 Å². The van der Waals surface area contributed by atoms with Crippen LogP contribution in [-0.4, -0.2) is 38.8 Å². The van der Waals surface area contributed by atoms with E-state index in [0.717, 1.165) is 18.7 Å². The van der Waals surface area contributed by atoms with E-state index < -0.39 is 21.7 Å². The number of non-ortho nitro benzene ring substituents is 2. The van der Waals surface area contributed by atoms with E-state index in [-0.39, 0.29) is 22.8 Å². The van der Waals surface area contributed by atoms with E-state index >= 15 is 0 Å². The van der Waals surface area contributed by atoms with E-state index in [9.17, 15) is 34.5 Å². The second kappa shape index (κ2) is 14.6. The number of primary amides is 2. The maximum atomic E-state index is 11.5. The summed E-state index contributed by atoms with van der Waals surface area (Å²) in [5, 5.41) is 22.4. The number of nitrogens with zero attached hydrogens (tertiary/aromatic N) is 4. The Morgan fingerprint density at radius 1 is 0.766 bits per heavy atom. The van der Waals surface area contributed by atoms with Crippen molar-refractivity contribution >= 4 is 106 Å². The minimum atomic E-state index is -0.593. The molecule has 0 radical (unpaired) electrons. The Labute approximate surface area is 280 Å². The zero-order chi connectivity index (χ0) is 34.4. The number of nitrogens with two attached hydrogens (primary N) is 4. The molecule has 15 nitrogen and oxygen atoms in total. The summed E-state index contributed by atoms with van der Waals surface area (Å²) >= 11 is 6.04. The fourth-order valence-electron chi connectivity index (χ4n) is 4.03. The second-order valence-corrected chi connectivity index (χ2v) is 12.8. The van der Waals surface area contributed by atoms with Crippen molar-refractivity contribution in [2.45, 2.75) is 0 Å².